The SMILES string of the molecule is CN(C)CCOc1ccc(CCNC(=O)O)cc1. The van der Waals surface area contributed by atoms with Gasteiger partial charge in [0.15, 0.2) is 0 Å². The Balaban J connectivity index is 2.31. The van der Waals surface area contributed by atoms with E-state index >= 15 is 0 Å². The zero-order valence-corrected chi connectivity index (χ0v) is 10.8. The lowest BCUT2D eigenvalue weighted by atomic mass is 10.1. The first-order valence-corrected chi connectivity index (χ1v) is 5.91. The first kappa shape index (κ1) is 14.3. The van der Waals surface area contributed by atoms with Crippen LogP contribution in [0, 0.1) is 0 Å². The van der Waals surface area contributed by atoms with Crippen LogP contribution < -0.4 is 10.1 Å². The molecular formula is C13H20N2O3. The molecule has 1 aromatic carbocycles. The maximum absolute atomic E-state index is 10.3. The number of carboxylic acid groups (broad SMARTS) is 1. The number of hydrogen-bond donors (Lipinski definition) is 2. The molecule has 0 aliphatic rings. The number of nitrogens with one attached hydrogen (secondary N) is 1. The van der Waals surface area contributed by atoms with Crippen molar-refractivity contribution >= 4 is 6.09 Å². The van der Waals surface area contributed by atoms with Gasteiger partial charge in [0.2, 0.25) is 0 Å². The van der Waals surface area contributed by atoms with Crippen molar-refractivity contribution in [1.82, 2.24) is 10.2 Å². The molecule has 0 heterocycles. The minimum atomic E-state index is -0.987. The third kappa shape index (κ3) is 6.10. The van der Waals surface area contributed by atoms with Crippen LogP contribution in [0.2, 0.25) is 0 Å². The Morgan fingerprint density at radius 3 is 2.56 bits per heavy atom. The standard InChI is InChI=1S/C13H20N2O3/c1-15(2)9-10-18-12-5-3-11(4-6-12)7-8-14-13(16)17/h3-6,14H,7-10H2,1-2H3,(H,16,17). The maximum atomic E-state index is 10.3. The number of amides is 1. The molecule has 5 heteroatoms. The number of rotatable bonds is 7. The molecule has 0 aromatic heterocycles. The summed E-state index contributed by atoms with van der Waals surface area (Å²) in [6.45, 7) is 1.97. The van der Waals surface area contributed by atoms with Crippen LogP contribution in [0.5, 0.6) is 5.75 Å². The van der Waals surface area contributed by atoms with Crippen molar-refractivity contribution in [2.45, 2.75) is 6.42 Å². The maximum Gasteiger partial charge on any atom is 0.404 e. The molecule has 0 spiro atoms. The molecule has 1 aromatic rings. The third-order valence-corrected chi connectivity index (χ3v) is 2.42. The van der Waals surface area contributed by atoms with Gasteiger partial charge in [-0.05, 0) is 38.2 Å². The van der Waals surface area contributed by atoms with Crippen LogP contribution >= 0.6 is 0 Å². The highest BCUT2D eigenvalue weighted by molar-refractivity contribution is 5.64. The van der Waals surface area contributed by atoms with E-state index in [9.17, 15) is 4.79 Å². The molecule has 0 bridgehead atoms. The van der Waals surface area contributed by atoms with E-state index in [-0.39, 0.29) is 0 Å². The fraction of sp³-hybridized carbons (Fsp3) is 0.462. The van der Waals surface area contributed by atoms with Crippen LogP contribution in [0.4, 0.5) is 4.79 Å². The van der Waals surface area contributed by atoms with Crippen molar-refractivity contribution in [3.05, 3.63) is 29.8 Å². The van der Waals surface area contributed by atoms with Gasteiger partial charge in [0.25, 0.3) is 0 Å². The number of nitrogens with zero attached hydrogens (tertiary/aromatic N) is 1. The average molecular weight is 252 g/mol. The monoisotopic (exact) mass is 252 g/mol. The summed E-state index contributed by atoms with van der Waals surface area (Å²) in [6.07, 6.45) is -0.303. The molecule has 0 aliphatic carbocycles. The molecule has 0 fully saturated rings. The summed E-state index contributed by atoms with van der Waals surface area (Å²) in [7, 11) is 4.00. The Labute approximate surface area is 107 Å². The molecule has 1 rings (SSSR count). The molecule has 100 valence electrons. The van der Waals surface area contributed by atoms with E-state index in [1.165, 1.54) is 0 Å². The summed E-state index contributed by atoms with van der Waals surface area (Å²) in [5.41, 5.74) is 1.09. The van der Waals surface area contributed by atoms with Gasteiger partial charge in [-0.15, -0.1) is 0 Å². The average Bonchev–Trinajstić information content (AvgIpc) is 2.30. The van der Waals surface area contributed by atoms with Crippen LogP contribution in [0.25, 0.3) is 0 Å². The summed E-state index contributed by atoms with van der Waals surface area (Å²) in [4.78, 5) is 12.3. The fourth-order valence-corrected chi connectivity index (χ4v) is 1.41. The van der Waals surface area contributed by atoms with Gasteiger partial charge >= 0.3 is 6.09 Å². The minimum absolute atomic E-state index is 0.427. The van der Waals surface area contributed by atoms with E-state index in [0.717, 1.165) is 17.9 Å². The Kier molecular flexibility index (Phi) is 6.00. The minimum Gasteiger partial charge on any atom is -0.492 e. The van der Waals surface area contributed by atoms with Gasteiger partial charge in [0, 0.05) is 13.1 Å². The van der Waals surface area contributed by atoms with Gasteiger partial charge in [-0.25, -0.2) is 4.79 Å². The van der Waals surface area contributed by atoms with E-state index < -0.39 is 6.09 Å². The summed E-state index contributed by atoms with van der Waals surface area (Å²) in [5, 5.41) is 10.8. The topological polar surface area (TPSA) is 61.8 Å². The lowest BCUT2D eigenvalue weighted by Crippen LogP contribution is -2.23. The molecule has 5 nitrogen and oxygen atoms in total. The third-order valence-electron chi connectivity index (χ3n) is 2.42. The second kappa shape index (κ2) is 7.55. The highest BCUT2D eigenvalue weighted by Crippen LogP contribution is 2.12. The molecular weight excluding hydrogens is 232 g/mol. The van der Waals surface area contributed by atoms with Crippen LogP contribution in [-0.2, 0) is 6.42 Å². The smallest absolute Gasteiger partial charge is 0.404 e. The van der Waals surface area contributed by atoms with E-state index in [1.807, 2.05) is 38.4 Å². The van der Waals surface area contributed by atoms with Gasteiger partial charge in [-0.1, -0.05) is 12.1 Å². The number of benzene rings is 1. The summed E-state index contributed by atoms with van der Waals surface area (Å²) >= 11 is 0. The van der Waals surface area contributed by atoms with Crippen LogP contribution in [0.3, 0.4) is 0 Å². The van der Waals surface area contributed by atoms with E-state index in [1.54, 1.807) is 0 Å². The van der Waals surface area contributed by atoms with E-state index in [0.29, 0.717) is 19.6 Å². The molecule has 0 unspecified atom stereocenters. The van der Waals surface area contributed by atoms with Crippen molar-refractivity contribution < 1.29 is 14.6 Å². The number of hydrogen-bond acceptors (Lipinski definition) is 3. The first-order chi connectivity index (χ1) is 8.58. The largest absolute Gasteiger partial charge is 0.492 e. The molecule has 2 N–H and O–H groups in total. The predicted molar refractivity (Wildman–Crippen MR) is 70.2 cm³/mol. The van der Waals surface area contributed by atoms with E-state index in [2.05, 4.69) is 10.2 Å². The normalized spacial score (nSPS) is 10.4. The lowest BCUT2D eigenvalue weighted by Gasteiger charge is -2.11. The second-order valence-electron chi connectivity index (χ2n) is 4.28. The van der Waals surface area contributed by atoms with Gasteiger partial charge < -0.3 is 20.1 Å². The van der Waals surface area contributed by atoms with Crippen molar-refractivity contribution in [2.24, 2.45) is 0 Å². The summed E-state index contributed by atoms with van der Waals surface area (Å²) in [5.74, 6) is 0.840. The van der Waals surface area contributed by atoms with Crippen molar-refractivity contribution in [1.29, 1.82) is 0 Å². The van der Waals surface area contributed by atoms with Crippen molar-refractivity contribution in [3.8, 4) is 5.75 Å². The van der Waals surface area contributed by atoms with Crippen LogP contribution in [0.1, 0.15) is 5.56 Å². The van der Waals surface area contributed by atoms with Crippen LogP contribution in [0.15, 0.2) is 24.3 Å². The Hall–Kier alpha value is -1.75. The van der Waals surface area contributed by atoms with Gasteiger partial charge in [-0.2, -0.15) is 0 Å². The molecule has 0 saturated carbocycles. The first-order valence-electron chi connectivity index (χ1n) is 5.91. The van der Waals surface area contributed by atoms with Gasteiger partial charge in [0.05, 0.1) is 0 Å². The quantitative estimate of drug-likeness (QED) is 0.770. The summed E-state index contributed by atoms with van der Waals surface area (Å²) < 4.78 is 5.56. The zero-order chi connectivity index (χ0) is 13.4. The Bertz CT molecular complexity index is 363. The van der Waals surface area contributed by atoms with Crippen LogP contribution in [-0.4, -0.2) is 49.9 Å². The van der Waals surface area contributed by atoms with Gasteiger partial charge in [-0.3, -0.25) is 0 Å². The predicted octanol–water partition coefficient (Wildman–Crippen LogP) is 1.44. The molecule has 0 atom stereocenters. The molecule has 1 amide bonds. The lowest BCUT2D eigenvalue weighted by molar-refractivity contribution is 0.194. The van der Waals surface area contributed by atoms with Crippen molar-refractivity contribution in [3.63, 3.8) is 0 Å². The van der Waals surface area contributed by atoms with E-state index in [4.69, 9.17) is 9.84 Å². The molecule has 0 saturated heterocycles. The highest BCUT2D eigenvalue weighted by Gasteiger charge is 1.98. The van der Waals surface area contributed by atoms with Crippen molar-refractivity contribution in [2.75, 3.05) is 33.8 Å². The zero-order valence-electron chi connectivity index (χ0n) is 10.8. The molecule has 18 heavy (non-hydrogen) atoms. The number of ether oxygens (including phenoxy) is 1. The molecule has 0 aliphatic heterocycles. The fourth-order valence-electron chi connectivity index (χ4n) is 1.41. The second-order valence-corrected chi connectivity index (χ2v) is 4.28. The Morgan fingerprint density at radius 1 is 1.33 bits per heavy atom. The number of carbonyl (C=O) groups is 1. The summed E-state index contributed by atoms with van der Waals surface area (Å²) in [6, 6.07) is 7.72. The Morgan fingerprint density at radius 2 is 2.00 bits per heavy atom. The highest BCUT2D eigenvalue weighted by atomic mass is 16.5. The molecule has 0 radical (unpaired) electrons. The number of likely N-dealkylation sites (N-methyl/N-ethyl adjacent to an activating group) is 1. The van der Waals surface area contributed by atoms with Gasteiger partial charge in [0.1, 0.15) is 12.4 Å².